The summed E-state index contributed by atoms with van der Waals surface area (Å²) in [6.45, 7) is -0.875. The van der Waals surface area contributed by atoms with Crippen LogP contribution >= 0.6 is 0 Å². The number of hydrogen-bond acceptors (Lipinski definition) is 5. The number of ether oxygens (including phenoxy) is 2. The topological polar surface area (TPSA) is 80.8 Å². The Morgan fingerprint density at radius 2 is 1.55 bits per heavy atom. The predicted molar refractivity (Wildman–Crippen MR) is 89.2 cm³/mol. The van der Waals surface area contributed by atoms with Crippen molar-refractivity contribution in [2.75, 3.05) is 30.5 Å². The number of pyridine rings is 1. The predicted octanol–water partition coefficient (Wildman–Crippen LogP) is 2.92. The molecule has 0 unspecified atom stereocenters. The molecule has 1 aromatic rings. The Labute approximate surface area is 162 Å². The van der Waals surface area contributed by atoms with E-state index in [1.807, 2.05) is 0 Å². The van der Waals surface area contributed by atoms with E-state index in [2.05, 4.69) is 19.8 Å². The first-order chi connectivity index (χ1) is 13.2. The van der Waals surface area contributed by atoms with Crippen molar-refractivity contribution in [3.05, 3.63) is 18.3 Å². The fourth-order valence-electron chi connectivity index (χ4n) is 1.87. The van der Waals surface area contributed by atoms with Gasteiger partial charge in [-0.15, -0.1) is 0 Å². The summed E-state index contributed by atoms with van der Waals surface area (Å²) in [5, 5.41) is 2.29. The van der Waals surface area contributed by atoms with Crippen LogP contribution in [-0.4, -0.2) is 61.6 Å². The number of anilines is 2. The van der Waals surface area contributed by atoms with Crippen molar-refractivity contribution in [1.82, 2.24) is 4.98 Å². The summed E-state index contributed by atoms with van der Waals surface area (Å²) in [5.74, 6) is -1.58. The van der Waals surface area contributed by atoms with E-state index in [0.29, 0.717) is 0 Å². The van der Waals surface area contributed by atoms with Crippen LogP contribution in [0.1, 0.15) is 13.8 Å². The second-order valence-corrected chi connectivity index (χ2v) is 5.93. The lowest BCUT2D eigenvalue weighted by molar-refractivity contribution is -0.185. The van der Waals surface area contributed by atoms with E-state index in [9.17, 15) is 35.9 Å². The number of likely N-dealkylation sites (N-methyl/N-ethyl adjacent to an activating group) is 1. The SMILES string of the molecule is C[C@H](OCC(F)(F)F)C(=O)N(C)c1ccc(NC(=O)[C@@H](C)OCC(F)(F)F)cn1. The molecule has 0 saturated heterocycles. The number of amides is 2. The maximum absolute atomic E-state index is 12.2. The van der Waals surface area contributed by atoms with Crippen LogP contribution in [-0.2, 0) is 19.1 Å². The highest BCUT2D eigenvalue weighted by molar-refractivity contribution is 5.96. The number of nitrogens with zero attached hydrogens (tertiary/aromatic N) is 2. The summed E-state index contributed by atoms with van der Waals surface area (Å²) < 4.78 is 81.6. The van der Waals surface area contributed by atoms with Gasteiger partial charge in [0.2, 0.25) is 0 Å². The maximum atomic E-state index is 12.2. The molecule has 0 bridgehead atoms. The molecule has 2 atom stereocenters. The van der Waals surface area contributed by atoms with Crippen LogP contribution in [0.2, 0.25) is 0 Å². The zero-order valence-corrected chi connectivity index (χ0v) is 15.6. The monoisotopic (exact) mass is 431 g/mol. The molecule has 0 aromatic carbocycles. The van der Waals surface area contributed by atoms with Crippen molar-refractivity contribution >= 4 is 23.3 Å². The van der Waals surface area contributed by atoms with Crippen LogP contribution in [0.15, 0.2) is 18.3 Å². The average molecular weight is 431 g/mol. The molecule has 0 aliphatic rings. The van der Waals surface area contributed by atoms with Gasteiger partial charge in [-0.3, -0.25) is 14.5 Å². The average Bonchev–Trinajstić information content (AvgIpc) is 2.62. The highest BCUT2D eigenvalue weighted by atomic mass is 19.4. The van der Waals surface area contributed by atoms with E-state index in [1.54, 1.807) is 0 Å². The number of carbonyl (C=O) groups is 2. The van der Waals surface area contributed by atoms with Crippen LogP contribution in [0.4, 0.5) is 37.8 Å². The third-order valence-corrected chi connectivity index (χ3v) is 3.40. The minimum atomic E-state index is -4.58. The molecule has 2 amide bonds. The molecule has 29 heavy (non-hydrogen) atoms. The van der Waals surface area contributed by atoms with Gasteiger partial charge in [-0.2, -0.15) is 26.3 Å². The normalized spacial score (nSPS) is 14.2. The molecule has 1 heterocycles. The number of halogens is 6. The lowest BCUT2D eigenvalue weighted by Crippen LogP contribution is -2.38. The molecule has 0 saturated carbocycles. The molecular weight excluding hydrogens is 412 g/mol. The van der Waals surface area contributed by atoms with Crippen LogP contribution in [0.3, 0.4) is 0 Å². The Kier molecular flexibility index (Phi) is 8.38. The molecule has 1 N–H and O–H groups in total. The summed E-state index contributed by atoms with van der Waals surface area (Å²) in [7, 11) is 1.27. The second kappa shape index (κ2) is 9.87. The van der Waals surface area contributed by atoms with Crippen molar-refractivity contribution in [3.63, 3.8) is 0 Å². The number of aromatic nitrogens is 1. The Bertz CT molecular complexity index is 693. The third kappa shape index (κ3) is 9.09. The first kappa shape index (κ1) is 24.6. The second-order valence-electron chi connectivity index (χ2n) is 5.93. The van der Waals surface area contributed by atoms with Gasteiger partial charge < -0.3 is 14.8 Å². The fraction of sp³-hybridized carbons (Fsp3) is 0.562. The molecule has 7 nitrogen and oxygen atoms in total. The van der Waals surface area contributed by atoms with E-state index in [0.717, 1.165) is 24.9 Å². The van der Waals surface area contributed by atoms with Gasteiger partial charge in [0.25, 0.3) is 11.8 Å². The lowest BCUT2D eigenvalue weighted by Gasteiger charge is -2.21. The van der Waals surface area contributed by atoms with Gasteiger partial charge >= 0.3 is 12.4 Å². The van der Waals surface area contributed by atoms with Gasteiger partial charge in [0.1, 0.15) is 31.2 Å². The molecule has 0 spiro atoms. The van der Waals surface area contributed by atoms with Crippen LogP contribution in [0.25, 0.3) is 0 Å². The zero-order chi connectivity index (χ0) is 22.4. The van der Waals surface area contributed by atoms with Crippen molar-refractivity contribution in [2.45, 2.75) is 38.4 Å². The number of rotatable bonds is 8. The minimum absolute atomic E-state index is 0.0526. The van der Waals surface area contributed by atoms with Crippen LogP contribution in [0, 0.1) is 0 Å². The molecule has 164 valence electrons. The van der Waals surface area contributed by atoms with E-state index in [-0.39, 0.29) is 11.5 Å². The number of hydrogen-bond donors (Lipinski definition) is 1. The van der Waals surface area contributed by atoms with E-state index >= 15 is 0 Å². The molecule has 0 radical (unpaired) electrons. The smallest absolute Gasteiger partial charge is 0.359 e. The maximum Gasteiger partial charge on any atom is 0.411 e. The Morgan fingerprint density at radius 3 is 2.00 bits per heavy atom. The molecule has 0 fully saturated rings. The van der Waals surface area contributed by atoms with Gasteiger partial charge in [-0.25, -0.2) is 4.98 Å². The van der Waals surface area contributed by atoms with Crippen molar-refractivity contribution in [3.8, 4) is 0 Å². The van der Waals surface area contributed by atoms with Crippen molar-refractivity contribution in [2.24, 2.45) is 0 Å². The van der Waals surface area contributed by atoms with E-state index < -0.39 is 49.6 Å². The Hall–Kier alpha value is -2.41. The molecule has 0 aliphatic heterocycles. The molecule has 13 heteroatoms. The van der Waals surface area contributed by atoms with Gasteiger partial charge in [0, 0.05) is 7.05 Å². The Morgan fingerprint density at radius 1 is 1.03 bits per heavy atom. The molecule has 1 rings (SSSR count). The number of nitrogens with one attached hydrogen (secondary N) is 1. The summed E-state index contributed by atoms with van der Waals surface area (Å²) in [5.41, 5.74) is 0.114. The standard InChI is InChI=1S/C16H19F6N3O4/c1-9(28-7-15(17,18)19)13(26)24-11-4-5-12(23-6-11)25(3)14(27)10(2)29-8-16(20,21)22/h4-6,9-10H,7-8H2,1-3H3,(H,24,26)/t9-,10+/m1/s1. The van der Waals surface area contributed by atoms with Crippen LogP contribution in [0.5, 0.6) is 0 Å². The van der Waals surface area contributed by atoms with Gasteiger partial charge in [0.05, 0.1) is 11.9 Å². The summed E-state index contributed by atoms with van der Waals surface area (Å²) in [4.78, 5) is 28.7. The highest BCUT2D eigenvalue weighted by Gasteiger charge is 2.31. The summed E-state index contributed by atoms with van der Waals surface area (Å²) in [6.07, 6.45) is -10.8. The quantitative estimate of drug-likeness (QED) is 0.641. The van der Waals surface area contributed by atoms with Gasteiger partial charge in [0.15, 0.2) is 0 Å². The molecule has 0 aliphatic carbocycles. The van der Waals surface area contributed by atoms with Gasteiger partial charge in [-0.05, 0) is 26.0 Å². The Balaban J connectivity index is 2.63. The largest absolute Gasteiger partial charge is 0.411 e. The first-order valence-electron chi connectivity index (χ1n) is 8.11. The van der Waals surface area contributed by atoms with Crippen LogP contribution < -0.4 is 10.2 Å². The number of alkyl halides is 6. The van der Waals surface area contributed by atoms with E-state index in [1.165, 1.54) is 19.2 Å². The molecular formula is C16H19F6N3O4. The highest BCUT2D eigenvalue weighted by Crippen LogP contribution is 2.19. The summed E-state index contributed by atoms with van der Waals surface area (Å²) >= 11 is 0. The number of carbonyl (C=O) groups excluding carboxylic acids is 2. The third-order valence-electron chi connectivity index (χ3n) is 3.40. The lowest BCUT2D eigenvalue weighted by atomic mass is 10.3. The van der Waals surface area contributed by atoms with Gasteiger partial charge in [-0.1, -0.05) is 0 Å². The fourth-order valence-corrected chi connectivity index (χ4v) is 1.87. The minimum Gasteiger partial charge on any atom is -0.359 e. The molecule has 1 aromatic heterocycles. The zero-order valence-electron chi connectivity index (χ0n) is 15.6. The first-order valence-corrected chi connectivity index (χ1v) is 8.11. The van der Waals surface area contributed by atoms with Crippen molar-refractivity contribution in [1.29, 1.82) is 0 Å². The summed E-state index contributed by atoms with van der Waals surface area (Å²) in [6, 6.07) is 2.59. The van der Waals surface area contributed by atoms with E-state index in [4.69, 9.17) is 0 Å². The van der Waals surface area contributed by atoms with Crippen molar-refractivity contribution < 1.29 is 45.4 Å².